The normalized spacial score (nSPS) is 14.6. The molecule has 5 aromatic carbocycles. The number of nitro benzene ring substituents is 2. The Bertz CT molecular complexity index is 5630. The van der Waals surface area contributed by atoms with Crippen molar-refractivity contribution in [3.05, 3.63) is 199 Å². The van der Waals surface area contributed by atoms with Crippen LogP contribution in [-0.2, 0) is 62.5 Å². The Morgan fingerprint density at radius 1 is 0.527 bits per heavy atom. The van der Waals surface area contributed by atoms with E-state index >= 15 is 0 Å². The Labute approximate surface area is 765 Å². The number of fused-ring (bicyclic) bond motifs is 3. The van der Waals surface area contributed by atoms with Crippen LogP contribution in [0.2, 0.25) is 0 Å². The van der Waals surface area contributed by atoms with E-state index in [4.69, 9.17) is 18.8 Å². The van der Waals surface area contributed by atoms with E-state index < -0.39 is 47.3 Å². The van der Waals surface area contributed by atoms with Crippen molar-refractivity contribution < 1.29 is 78.9 Å². The number of aromatic nitrogens is 6. The lowest BCUT2D eigenvalue weighted by molar-refractivity contribution is -0.383. The molecule has 3 aliphatic rings. The summed E-state index contributed by atoms with van der Waals surface area (Å²) >= 11 is 0. The van der Waals surface area contributed by atoms with Crippen molar-refractivity contribution >= 4 is 100 Å². The molecule has 12 rings (SSSR count). The Kier molecular flexibility index (Phi) is 36.5. The van der Waals surface area contributed by atoms with Crippen LogP contribution in [0.4, 0.5) is 22.7 Å². The van der Waals surface area contributed by atoms with Gasteiger partial charge in [-0.1, -0.05) is 123 Å². The third kappa shape index (κ3) is 27.6. The van der Waals surface area contributed by atoms with Crippen LogP contribution in [0.5, 0.6) is 11.5 Å². The molecule has 3 aliphatic carbocycles. The molecule has 1 saturated carbocycles. The van der Waals surface area contributed by atoms with E-state index in [1.54, 1.807) is 50.6 Å². The highest BCUT2D eigenvalue weighted by molar-refractivity contribution is 7.90. The van der Waals surface area contributed by atoms with E-state index in [1.807, 2.05) is 20.8 Å². The Morgan fingerprint density at radius 3 is 1.40 bits per heavy atom. The van der Waals surface area contributed by atoms with Crippen molar-refractivity contribution in [3.63, 3.8) is 0 Å². The number of unbranched alkanes of at least 4 members (excludes halogenated alkanes) is 13. The van der Waals surface area contributed by atoms with E-state index in [0.29, 0.717) is 132 Å². The number of ether oxygens (including phenoxy) is 3. The van der Waals surface area contributed by atoms with Crippen LogP contribution in [0, 0.1) is 37.5 Å². The molecule has 4 aromatic heterocycles. The smallest absolute Gasteiger partial charge is 0.306 e. The van der Waals surface area contributed by atoms with Gasteiger partial charge in [-0.05, 0) is 231 Å². The van der Waals surface area contributed by atoms with Gasteiger partial charge in [-0.25, -0.2) is 34.7 Å². The topological polar surface area (TPSA) is 455 Å². The monoisotopic (exact) mass is 1840 g/mol. The number of methoxy groups -OCH3 is 2. The number of nitro groups is 2. The number of non-ortho nitro benzene ring substituents is 2. The zero-order valence-electron chi connectivity index (χ0n) is 76.5. The zero-order valence-corrected chi connectivity index (χ0v) is 78.1. The predicted molar refractivity (Wildman–Crippen MR) is 495 cm³/mol. The molecule has 1 fully saturated rings. The average Bonchev–Trinajstić information content (AvgIpc) is 1.09. The van der Waals surface area contributed by atoms with Crippen molar-refractivity contribution in [1.82, 2.24) is 55.2 Å². The number of carbonyl (C=O) groups excluding carboxylic acids is 6. The van der Waals surface area contributed by atoms with E-state index in [0.717, 1.165) is 77.0 Å². The minimum Gasteiger partial charge on any atom is -0.496 e. The number of hydrogen-bond acceptors (Lipinski definition) is 27. The third-order valence-electron chi connectivity index (χ3n) is 24.0. The first-order chi connectivity index (χ1) is 62.7. The molecule has 0 spiro atoms. The van der Waals surface area contributed by atoms with Gasteiger partial charge >= 0.3 is 17.3 Å². The number of rotatable bonds is 51. The summed E-state index contributed by atoms with van der Waals surface area (Å²) in [4.78, 5) is 108. The fourth-order valence-corrected chi connectivity index (χ4v) is 19.4. The summed E-state index contributed by atoms with van der Waals surface area (Å²) in [6.07, 6.45) is 22.4. The molecule has 0 saturated heterocycles. The number of anilines is 2. The number of nitrogens with zero attached hydrogens (tertiary/aromatic N) is 10. The minimum absolute atomic E-state index is 0.0205. The van der Waals surface area contributed by atoms with Crippen LogP contribution in [-0.4, -0.2) is 154 Å². The molecule has 704 valence electrons. The molecule has 0 unspecified atom stereocenters. The number of esters is 1. The molecule has 9 aromatic rings. The highest BCUT2D eigenvalue weighted by Gasteiger charge is 2.56. The summed E-state index contributed by atoms with van der Waals surface area (Å²) in [5, 5.41) is 52.6. The maximum atomic E-state index is 14.0. The Balaban J connectivity index is 0.000000293. The number of hydrogen-bond donors (Lipinski definition) is 5. The van der Waals surface area contributed by atoms with Crippen LogP contribution in [0.1, 0.15) is 259 Å². The van der Waals surface area contributed by atoms with Gasteiger partial charge in [0, 0.05) is 106 Å². The zero-order chi connectivity index (χ0) is 94.5. The molecule has 0 aliphatic heterocycles. The maximum absolute atomic E-state index is 14.0. The summed E-state index contributed by atoms with van der Waals surface area (Å²) in [5.74, 6) is 0.565. The summed E-state index contributed by atoms with van der Waals surface area (Å²) in [6.45, 7) is 18.8. The number of sulfonamides is 2. The maximum Gasteiger partial charge on any atom is 0.306 e. The summed E-state index contributed by atoms with van der Waals surface area (Å²) in [5.41, 5.74) is 5.59. The van der Waals surface area contributed by atoms with E-state index in [1.165, 1.54) is 122 Å². The highest BCUT2D eigenvalue weighted by Crippen LogP contribution is 2.65. The number of amides is 5. The lowest BCUT2D eigenvalue weighted by Gasteiger charge is -2.59. The van der Waals surface area contributed by atoms with E-state index in [-0.39, 0.29) is 121 Å². The van der Waals surface area contributed by atoms with Crippen molar-refractivity contribution in [2.75, 3.05) is 57.6 Å². The number of benzene rings is 5. The fraction of sp³-hybridized carbons (Fsp3) is 0.495. The standard InChI is InChI=1S/C59H78N8O10S.C36H45N7O9S/c1-8-9-10-17-30-58(2,3)42-35-50(75-6)54(51(36-42)76-7)45-34-41(46-37-47(45)59(46,4)5)38-63-52(68)22-14-11-12-18-33-62-57(70)40-24-26-44(27-25-40)78(73,74)66(39-43-21-16-20-31-60-43)53(69)23-15-13-19-32-61-48-28-29-49(67(71)72)56-55(48)64-77-65-56;1-36(2,3)51-32(45)15-8-4-5-10-24-39-35(46)26-16-18-28(19-17-26)53(49,50)42(25-27-13-9-12-22-37-27)31(44)14-7-6-11-23-38-29-20-21-30(43(47)48)34-33(29)40-52-41-34/h16,20-21,24-29,31,34-36,45-47,61H,8-15,17-19,22-23,30,32-33,37-39H2,1-7H3,(H,62,70)(H,63,68);9,12-13,16-22,38H,4-8,10-11,14-15,23-25H2,1-3H3,(H,39,46)/t45-,46+,47-;/m0./s1. The molecule has 4 heterocycles. The number of pyridine rings is 2. The van der Waals surface area contributed by atoms with Gasteiger partial charge in [-0.15, -0.1) is 0 Å². The molecule has 3 atom stereocenters. The number of allylic oxidation sites excluding steroid dienone is 1. The number of carbonyl (C=O) groups is 6. The van der Waals surface area contributed by atoms with Crippen LogP contribution in [0.25, 0.3) is 22.1 Å². The highest BCUT2D eigenvalue weighted by atomic mass is 32.2. The molecular formula is C95H123N15O19S2. The van der Waals surface area contributed by atoms with Crippen molar-refractivity contribution in [2.45, 2.75) is 249 Å². The van der Waals surface area contributed by atoms with Crippen LogP contribution >= 0.6 is 0 Å². The SMILES string of the molecule is CC(C)(C)OC(=O)CCCCCCNC(=O)c1ccc(S(=O)(=O)N(Cc2ccccn2)C(=O)CCCCCNc2ccc([N+](=O)[O-])c3nonc23)cc1.CCCCCCC(C)(C)c1cc(OC)c([C@H]2C=C(CNC(=O)CCCCCCNC(=O)c3ccc(S(=O)(=O)N(Cc4ccccn4)C(=O)CCCCCNc4ccc([N+](=O)[O-])c5nonc45)cc3)[C@H]3C[C@@H]2C3(C)C)c(OC)c1. The van der Waals surface area contributed by atoms with E-state index in [2.05, 4.69) is 115 Å². The molecule has 36 heteroatoms. The van der Waals surface area contributed by atoms with Crippen LogP contribution in [0.3, 0.4) is 0 Å². The van der Waals surface area contributed by atoms with Gasteiger partial charge < -0.3 is 40.8 Å². The Hall–Kier alpha value is -12.3. The predicted octanol–water partition coefficient (Wildman–Crippen LogP) is 17.3. The van der Waals surface area contributed by atoms with Crippen LogP contribution < -0.4 is 36.1 Å². The summed E-state index contributed by atoms with van der Waals surface area (Å²) < 4.78 is 84.2. The van der Waals surface area contributed by atoms with Gasteiger partial charge in [0.05, 0.1) is 69.7 Å². The van der Waals surface area contributed by atoms with Gasteiger partial charge in [0.2, 0.25) is 28.8 Å². The Morgan fingerprint density at radius 2 is 0.962 bits per heavy atom. The molecule has 5 N–H and O–H groups in total. The minimum atomic E-state index is -4.34. The van der Waals surface area contributed by atoms with Crippen molar-refractivity contribution in [2.24, 2.45) is 17.3 Å². The molecule has 2 bridgehead atoms. The molecule has 131 heavy (non-hydrogen) atoms. The second kappa shape index (κ2) is 47.5. The van der Waals surface area contributed by atoms with E-state index in [9.17, 15) is 65.8 Å². The molecule has 5 amide bonds. The fourth-order valence-electron chi connectivity index (χ4n) is 16.6. The molecule has 34 nitrogen and oxygen atoms in total. The first-order valence-corrected chi connectivity index (χ1v) is 47.9. The van der Waals surface area contributed by atoms with Gasteiger partial charge in [-0.2, -0.15) is 0 Å². The third-order valence-corrected chi connectivity index (χ3v) is 27.6. The van der Waals surface area contributed by atoms with Crippen LogP contribution in [0.15, 0.2) is 164 Å². The second-order valence-electron chi connectivity index (χ2n) is 35.4. The van der Waals surface area contributed by atoms with Crippen molar-refractivity contribution in [1.29, 1.82) is 0 Å². The van der Waals surface area contributed by atoms with Crippen molar-refractivity contribution in [3.8, 4) is 11.5 Å². The summed E-state index contributed by atoms with van der Waals surface area (Å²) in [6, 6.07) is 31.2. The lowest BCUT2D eigenvalue weighted by atomic mass is 9.45. The molecule has 0 radical (unpaired) electrons. The van der Waals surface area contributed by atoms with Gasteiger partial charge in [-0.3, -0.25) is 59.0 Å². The second-order valence-corrected chi connectivity index (χ2v) is 39.1. The van der Waals surface area contributed by atoms with Gasteiger partial charge in [0.25, 0.3) is 31.9 Å². The molecular weight excluding hydrogens is 1720 g/mol. The average molecular weight is 1840 g/mol. The van der Waals surface area contributed by atoms with Gasteiger partial charge in [0.15, 0.2) is 11.0 Å². The van der Waals surface area contributed by atoms with Gasteiger partial charge in [0.1, 0.15) is 17.1 Å². The largest absolute Gasteiger partial charge is 0.496 e. The first kappa shape index (κ1) is 101. The first-order valence-electron chi connectivity index (χ1n) is 45.1. The quantitative estimate of drug-likeness (QED) is 0.00777. The lowest BCUT2D eigenvalue weighted by Crippen LogP contribution is -2.52. The summed E-state index contributed by atoms with van der Waals surface area (Å²) in [7, 11) is -5.14. The number of nitrogens with one attached hydrogen (secondary N) is 5.